The lowest BCUT2D eigenvalue weighted by atomic mass is 9.63. The van der Waals surface area contributed by atoms with Crippen molar-refractivity contribution in [1.82, 2.24) is 0 Å². The Morgan fingerprint density at radius 1 is 0.786 bits per heavy atom. The third-order valence-electron chi connectivity index (χ3n) is 6.20. The monoisotopic (exact) mass is 374 g/mol. The Bertz CT molecular complexity index is 1080. The number of fused-ring (bicyclic) bond motifs is 2. The molecule has 0 unspecified atom stereocenters. The maximum atomic E-state index is 10.7. The number of benzene rings is 3. The zero-order valence-corrected chi connectivity index (χ0v) is 16.9. The summed E-state index contributed by atoms with van der Waals surface area (Å²) in [4.78, 5) is 10.7. The molecule has 1 aliphatic carbocycles. The van der Waals surface area contributed by atoms with Crippen LogP contribution in [0, 0.1) is 0 Å². The molecule has 3 aromatic carbocycles. The van der Waals surface area contributed by atoms with E-state index < -0.39 is 6.16 Å². The van der Waals surface area contributed by atoms with Crippen LogP contribution < -0.4 is 4.74 Å². The van der Waals surface area contributed by atoms with Crippen LogP contribution in [0.3, 0.4) is 0 Å². The molecule has 28 heavy (non-hydrogen) atoms. The lowest BCUT2D eigenvalue weighted by molar-refractivity contribution is 0.144. The van der Waals surface area contributed by atoms with E-state index in [1.165, 1.54) is 35.1 Å². The quantitative estimate of drug-likeness (QED) is 0.391. The van der Waals surface area contributed by atoms with Crippen LogP contribution in [0.25, 0.3) is 21.9 Å². The molecule has 0 heterocycles. The second-order valence-corrected chi connectivity index (χ2v) is 9.12. The molecule has 3 heteroatoms. The first-order valence-electron chi connectivity index (χ1n) is 9.76. The van der Waals surface area contributed by atoms with Crippen molar-refractivity contribution in [3.05, 3.63) is 65.7 Å². The van der Waals surface area contributed by atoms with Crippen LogP contribution in [0.1, 0.15) is 51.7 Å². The topological polar surface area (TPSA) is 46.5 Å². The van der Waals surface area contributed by atoms with E-state index >= 15 is 0 Å². The van der Waals surface area contributed by atoms with E-state index in [9.17, 15) is 4.79 Å². The Hall–Kier alpha value is -2.81. The molecule has 3 aromatic rings. The van der Waals surface area contributed by atoms with Gasteiger partial charge in [-0.1, -0.05) is 64.1 Å². The highest BCUT2D eigenvalue weighted by atomic mass is 16.7. The Kier molecular flexibility index (Phi) is 4.22. The molecule has 0 radical (unpaired) electrons. The SMILES string of the molecule is CC1(C)CCC(C)(C)c2cc(-c3ccc4cc(OC(=O)O)ccc4c3)ccc21. The molecule has 144 valence electrons. The van der Waals surface area contributed by atoms with Crippen LogP contribution >= 0.6 is 0 Å². The highest BCUT2D eigenvalue weighted by Crippen LogP contribution is 2.46. The van der Waals surface area contributed by atoms with Crippen molar-refractivity contribution in [3.63, 3.8) is 0 Å². The van der Waals surface area contributed by atoms with Gasteiger partial charge in [-0.05, 0) is 74.9 Å². The Morgan fingerprint density at radius 2 is 1.36 bits per heavy atom. The summed E-state index contributed by atoms with van der Waals surface area (Å²) in [5.74, 6) is 0.338. The van der Waals surface area contributed by atoms with Gasteiger partial charge in [-0.2, -0.15) is 0 Å². The summed E-state index contributed by atoms with van der Waals surface area (Å²) in [6.45, 7) is 9.37. The van der Waals surface area contributed by atoms with Crippen LogP contribution in [0.4, 0.5) is 4.79 Å². The second-order valence-electron chi connectivity index (χ2n) is 9.12. The minimum Gasteiger partial charge on any atom is -0.449 e. The molecule has 4 rings (SSSR count). The van der Waals surface area contributed by atoms with Gasteiger partial charge in [0.15, 0.2) is 0 Å². The van der Waals surface area contributed by atoms with E-state index in [2.05, 4.69) is 58.0 Å². The van der Waals surface area contributed by atoms with Gasteiger partial charge in [-0.15, -0.1) is 0 Å². The van der Waals surface area contributed by atoms with Gasteiger partial charge >= 0.3 is 6.16 Å². The van der Waals surface area contributed by atoms with Crippen molar-refractivity contribution in [2.45, 2.75) is 51.4 Å². The molecule has 0 spiro atoms. The normalized spacial score (nSPS) is 17.1. The Balaban J connectivity index is 1.77. The summed E-state index contributed by atoms with van der Waals surface area (Å²) in [5.41, 5.74) is 5.70. The molecule has 0 atom stereocenters. The average Bonchev–Trinajstić information content (AvgIpc) is 2.64. The van der Waals surface area contributed by atoms with Crippen molar-refractivity contribution in [1.29, 1.82) is 0 Å². The van der Waals surface area contributed by atoms with Crippen molar-refractivity contribution in [3.8, 4) is 16.9 Å². The van der Waals surface area contributed by atoms with Gasteiger partial charge in [0.1, 0.15) is 5.75 Å². The first kappa shape index (κ1) is 18.5. The molecule has 0 saturated carbocycles. The highest BCUT2D eigenvalue weighted by Gasteiger charge is 2.36. The zero-order chi connectivity index (χ0) is 20.1. The molecule has 3 nitrogen and oxygen atoms in total. The summed E-state index contributed by atoms with van der Waals surface area (Å²) >= 11 is 0. The standard InChI is InChI=1S/C25H26O3/c1-24(2)11-12-25(3,4)22-15-19(8-10-21(22)24)16-5-6-18-14-20(28-23(26)27)9-7-17(18)13-16/h5-10,13-15H,11-12H2,1-4H3,(H,26,27). The average molecular weight is 374 g/mol. The molecule has 0 fully saturated rings. The number of carbonyl (C=O) groups is 1. The number of rotatable bonds is 2. The lowest BCUT2D eigenvalue weighted by Gasteiger charge is -2.42. The van der Waals surface area contributed by atoms with Gasteiger partial charge in [0, 0.05) is 0 Å². The van der Waals surface area contributed by atoms with E-state index in [0.29, 0.717) is 5.75 Å². The van der Waals surface area contributed by atoms with Crippen molar-refractivity contribution < 1.29 is 14.6 Å². The number of carboxylic acid groups (broad SMARTS) is 1. The van der Waals surface area contributed by atoms with Crippen LogP contribution in [-0.2, 0) is 10.8 Å². The van der Waals surface area contributed by atoms with Crippen LogP contribution in [-0.4, -0.2) is 11.3 Å². The first-order chi connectivity index (χ1) is 13.2. The van der Waals surface area contributed by atoms with Crippen molar-refractivity contribution >= 4 is 16.9 Å². The van der Waals surface area contributed by atoms with E-state index in [0.717, 1.165) is 10.8 Å². The van der Waals surface area contributed by atoms with Gasteiger partial charge in [-0.25, -0.2) is 4.79 Å². The number of ether oxygens (including phenoxy) is 1. The van der Waals surface area contributed by atoms with Gasteiger partial charge < -0.3 is 9.84 Å². The van der Waals surface area contributed by atoms with Crippen LogP contribution in [0.15, 0.2) is 54.6 Å². The van der Waals surface area contributed by atoms with E-state index in [1.54, 1.807) is 12.1 Å². The molecule has 1 aliphatic rings. The zero-order valence-electron chi connectivity index (χ0n) is 16.9. The van der Waals surface area contributed by atoms with Gasteiger partial charge in [0.25, 0.3) is 0 Å². The second kappa shape index (κ2) is 6.37. The first-order valence-corrected chi connectivity index (χ1v) is 9.76. The molecular formula is C25H26O3. The molecule has 0 saturated heterocycles. The van der Waals surface area contributed by atoms with E-state index in [-0.39, 0.29) is 10.8 Å². The number of hydrogen-bond donors (Lipinski definition) is 1. The highest BCUT2D eigenvalue weighted by molar-refractivity contribution is 5.89. The van der Waals surface area contributed by atoms with E-state index in [1.807, 2.05) is 12.1 Å². The minimum atomic E-state index is -1.30. The molecule has 0 aromatic heterocycles. The smallest absolute Gasteiger partial charge is 0.449 e. The maximum Gasteiger partial charge on any atom is 0.511 e. The molecule has 0 aliphatic heterocycles. The third-order valence-corrected chi connectivity index (χ3v) is 6.20. The molecule has 0 bridgehead atoms. The summed E-state index contributed by atoms with van der Waals surface area (Å²) in [5, 5.41) is 10.8. The van der Waals surface area contributed by atoms with Gasteiger partial charge in [0.05, 0.1) is 0 Å². The van der Waals surface area contributed by atoms with Crippen LogP contribution in [0.2, 0.25) is 0 Å². The molecule has 0 amide bonds. The fourth-order valence-corrected chi connectivity index (χ4v) is 4.34. The minimum absolute atomic E-state index is 0.181. The molecular weight excluding hydrogens is 348 g/mol. The van der Waals surface area contributed by atoms with Crippen LogP contribution in [0.5, 0.6) is 5.75 Å². The lowest BCUT2D eigenvalue weighted by Crippen LogP contribution is -2.33. The predicted molar refractivity (Wildman–Crippen MR) is 113 cm³/mol. The summed E-state index contributed by atoms with van der Waals surface area (Å²) in [7, 11) is 0. The van der Waals surface area contributed by atoms with E-state index in [4.69, 9.17) is 9.84 Å². The van der Waals surface area contributed by atoms with Gasteiger partial charge in [0.2, 0.25) is 0 Å². The summed E-state index contributed by atoms with van der Waals surface area (Å²) in [6.07, 6.45) is 1.11. The Labute approximate surface area is 166 Å². The summed E-state index contributed by atoms with van der Waals surface area (Å²) in [6, 6.07) is 18.5. The summed E-state index contributed by atoms with van der Waals surface area (Å²) < 4.78 is 4.76. The predicted octanol–water partition coefficient (Wildman–Crippen LogP) is 6.91. The fraction of sp³-hybridized carbons (Fsp3) is 0.320. The number of hydrogen-bond acceptors (Lipinski definition) is 2. The van der Waals surface area contributed by atoms with Gasteiger partial charge in [-0.3, -0.25) is 0 Å². The Morgan fingerprint density at radius 3 is 2.07 bits per heavy atom. The third kappa shape index (κ3) is 3.26. The molecule has 1 N–H and O–H groups in total. The van der Waals surface area contributed by atoms with Crippen molar-refractivity contribution in [2.24, 2.45) is 0 Å². The fourth-order valence-electron chi connectivity index (χ4n) is 4.34. The maximum absolute atomic E-state index is 10.7. The van der Waals surface area contributed by atoms with Crippen molar-refractivity contribution in [2.75, 3.05) is 0 Å². The largest absolute Gasteiger partial charge is 0.511 e.